The van der Waals surface area contributed by atoms with Crippen LogP contribution in [0.1, 0.15) is 10.4 Å². The van der Waals surface area contributed by atoms with E-state index >= 15 is 0 Å². The van der Waals surface area contributed by atoms with Crippen LogP contribution in [0.4, 0.5) is 15.9 Å². The fraction of sp³-hybridized carbons (Fsp3) is 0. The van der Waals surface area contributed by atoms with Gasteiger partial charge in [0, 0.05) is 15.1 Å². The third kappa shape index (κ3) is 3.30. The fourth-order valence-electron chi connectivity index (χ4n) is 1.41. The number of benzene rings is 1. The third-order valence-corrected chi connectivity index (χ3v) is 3.40. The summed E-state index contributed by atoms with van der Waals surface area (Å²) < 4.78 is 14.0. The van der Waals surface area contributed by atoms with Crippen LogP contribution in [-0.2, 0) is 0 Å². The molecule has 19 heavy (non-hydrogen) atoms. The van der Waals surface area contributed by atoms with Crippen molar-refractivity contribution in [2.75, 3.05) is 11.1 Å². The third-order valence-electron chi connectivity index (χ3n) is 2.31. The summed E-state index contributed by atoms with van der Waals surface area (Å²) in [6.45, 7) is 0. The molecular weight excluding hydrogens is 381 g/mol. The molecule has 0 saturated heterocycles. The maximum absolute atomic E-state index is 12.9. The Morgan fingerprint density at radius 1 is 1.32 bits per heavy atom. The Morgan fingerprint density at radius 2 is 2.05 bits per heavy atom. The lowest BCUT2D eigenvalue weighted by molar-refractivity contribution is 0.102. The first-order valence-electron chi connectivity index (χ1n) is 5.15. The molecule has 0 aliphatic rings. The number of carbonyl (C=O) groups is 1. The molecule has 1 aromatic carbocycles. The van der Waals surface area contributed by atoms with Gasteiger partial charge in [-0.25, -0.2) is 9.37 Å². The average Bonchev–Trinajstić information content (AvgIpc) is 2.35. The quantitative estimate of drug-likeness (QED) is 0.826. The van der Waals surface area contributed by atoms with Crippen molar-refractivity contribution in [3.8, 4) is 0 Å². The Labute approximate surface area is 125 Å². The van der Waals surface area contributed by atoms with Gasteiger partial charge < -0.3 is 11.1 Å². The maximum atomic E-state index is 12.9. The van der Waals surface area contributed by atoms with E-state index in [1.54, 1.807) is 6.07 Å². The number of nitrogens with zero attached hydrogens (tertiary/aromatic N) is 1. The van der Waals surface area contributed by atoms with E-state index in [1.165, 1.54) is 24.4 Å². The minimum Gasteiger partial charge on any atom is -0.383 e. The standard InChI is InChI=1S/C12H8Br2FN3O/c13-6-3-8(11(16)17-5-6)12(19)18-10-2-1-7(15)4-9(10)14/h1-5H,(H2,16,17)(H,18,19). The van der Waals surface area contributed by atoms with Crippen LogP contribution in [0.3, 0.4) is 0 Å². The molecule has 0 aliphatic heterocycles. The van der Waals surface area contributed by atoms with E-state index in [4.69, 9.17) is 5.73 Å². The van der Waals surface area contributed by atoms with Crippen molar-refractivity contribution >= 4 is 49.3 Å². The Morgan fingerprint density at radius 3 is 2.74 bits per heavy atom. The Balaban J connectivity index is 2.28. The minimum absolute atomic E-state index is 0.124. The number of aromatic nitrogens is 1. The van der Waals surface area contributed by atoms with Crippen molar-refractivity contribution in [3.05, 3.63) is 50.8 Å². The lowest BCUT2D eigenvalue weighted by Crippen LogP contribution is -2.15. The second kappa shape index (κ2) is 5.66. The summed E-state index contributed by atoms with van der Waals surface area (Å²) in [6, 6.07) is 5.54. The first-order valence-corrected chi connectivity index (χ1v) is 6.73. The van der Waals surface area contributed by atoms with Gasteiger partial charge in [-0.1, -0.05) is 0 Å². The summed E-state index contributed by atoms with van der Waals surface area (Å²) in [5.74, 6) is -0.689. The van der Waals surface area contributed by atoms with Crippen LogP contribution in [-0.4, -0.2) is 10.9 Å². The van der Waals surface area contributed by atoms with Gasteiger partial charge in [0.2, 0.25) is 0 Å². The highest BCUT2D eigenvalue weighted by molar-refractivity contribution is 9.10. The van der Waals surface area contributed by atoms with Gasteiger partial charge in [0.05, 0.1) is 11.3 Å². The first kappa shape index (κ1) is 14.0. The molecule has 0 spiro atoms. The summed E-state index contributed by atoms with van der Waals surface area (Å²) in [5, 5.41) is 2.63. The van der Waals surface area contributed by atoms with Gasteiger partial charge in [-0.15, -0.1) is 0 Å². The molecule has 0 unspecified atom stereocenters. The summed E-state index contributed by atoms with van der Waals surface area (Å²) in [5.41, 5.74) is 6.33. The van der Waals surface area contributed by atoms with Crippen LogP contribution in [0.15, 0.2) is 39.4 Å². The molecular formula is C12H8Br2FN3O. The van der Waals surface area contributed by atoms with Crippen LogP contribution in [0.5, 0.6) is 0 Å². The average molecular weight is 389 g/mol. The van der Waals surface area contributed by atoms with Gasteiger partial charge in [0.25, 0.3) is 5.91 Å². The highest BCUT2D eigenvalue weighted by Gasteiger charge is 2.13. The number of rotatable bonds is 2. The molecule has 4 nitrogen and oxygen atoms in total. The van der Waals surface area contributed by atoms with E-state index in [9.17, 15) is 9.18 Å². The van der Waals surface area contributed by atoms with E-state index in [-0.39, 0.29) is 11.4 Å². The van der Waals surface area contributed by atoms with Crippen molar-refractivity contribution in [2.45, 2.75) is 0 Å². The molecule has 0 radical (unpaired) electrons. The van der Waals surface area contributed by atoms with E-state index in [0.29, 0.717) is 14.6 Å². The lowest BCUT2D eigenvalue weighted by atomic mass is 10.2. The molecule has 1 amide bonds. The maximum Gasteiger partial charge on any atom is 0.259 e. The van der Waals surface area contributed by atoms with E-state index in [0.717, 1.165) is 0 Å². The Kier molecular flexibility index (Phi) is 4.16. The topological polar surface area (TPSA) is 68.0 Å². The van der Waals surface area contributed by atoms with Crippen molar-refractivity contribution in [1.29, 1.82) is 0 Å². The number of hydrogen-bond donors (Lipinski definition) is 2. The summed E-state index contributed by atoms with van der Waals surface area (Å²) in [4.78, 5) is 15.9. The number of carbonyl (C=O) groups excluding carboxylic acids is 1. The van der Waals surface area contributed by atoms with Crippen molar-refractivity contribution < 1.29 is 9.18 Å². The van der Waals surface area contributed by atoms with Crippen molar-refractivity contribution in [3.63, 3.8) is 0 Å². The molecule has 2 aromatic rings. The summed E-state index contributed by atoms with van der Waals surface area (Å²) in [6.07, 6.45) is 1.50. The molecule has 3 N–H and O–H groups in total. The van der Waals surface area contributed by atoms with Gasteiger partial charge >= 0.3 is 0 Å². The number of anilines is 2. The summed E-state index contributed by atoms with van der Waals surface area (Å²) in [7, 11) is 0. The van der Waals surface area contributed by atoms with E-state index in [1.807, 2.05) is 0 Å². The number of amides is 1. The van der Waals surface area contributed by atoms with Crippen LogP contribution >= 0.6 is 31.9 Å². The molecule has 0 fully saturated rings. The molecule has 1 heterocycles. The molecule has 0 bridgehead atoms. The second-order valence-electron chi connectivity index (χ2n) is 3.66. The number of hydrogen-bond acceptors (Lipinski definition) is 3. The van der Waals surface area contributed by atoms with Crippen LogP contribution < -0.4 is 11.1 Å². The largest absolute Gasteiger partial charge is 0.383 e. The van der Waals surface area contributed by atoms with Crippen LogP contribution in [0, 0.1) is 5.82 Å². The molecule has 1 aromatic heterocycles. The Hall–Kier alpha value is -1.47. The number of nitrogens with one attached hydrogen (secondary N) is 1. The molecule has 2 rings (SSSR count). The van der Waals surface area contributed by atoms with E-state index in [2.05, 4.69) is 42.2 Å². The normalized spacial score (nSPS) is 10.3. The van der Waals surface area contributed by atoms with Gasteiger partial charge in [0.15, 0.2) is 0 Å². The molecule has 7 heteroatoms. The van der Waals surface area contributed by atoms with E-state index < -0.39 is 11.7 Å². The lowest BCUT2D eigenvalue weighted by Gasteiger charge is -2.09. The first-order chi connectivity index (χ1) is 8.97. The predicted molar refractivity (Wildman–Crippen MR) is 78.4 cm³/mol. The predicted octanol–water partition coefficient (Wildman–Crippen LogP) is 3.58. The molecule has 0 atom stereocenters. The van der Waals surface area contributed by atoms with Gasteiger partial charge in [-0.05, 0) is 56.1 Å². The molecule has 0 aliphatic carbocycles. The van der Waals surface area contributed by atoms with Gasteiger partial charge in [0.1, 0.15) is 11.6 Å². The zero-order chi connectivity index (χ0) is 14.0. The zero-order valence-corrected chi connectivity index (χ0v) is 12.6. The zero-order valence-electron chi connectivity index (χ0n) is 9.45. The minimum atomic E-state index is -0.418. The number of nitrogen functional groups attached to an aromatic ring is 1. The smallest absolute Gasteiger partial charge is 0.259 e. The number of halogens is 3. The highest BCUT2D eigenvalue weighted by atomic mass is 79.9. The molecule has 98 valence electrons. The van der Waals surface area contributed by atoms with Gasteiger partial charge in [-0.3, -0.25) is 4.79 Å². The number of nitrogens with two attached hydrogens (primary N) is 1. The summed E-state index contributed by atoms with van der Waals surface area (Å²) >= 11 is 6.39. The number of pyridine rings is 1. The molecule has 0 saturated carbocycles. The van der Waals surface area contributed by atoms with Crippen LogP contribution in [0.25, 0.3) is 0 Å². The fourth-order valence-corrected chi connectivity index (χ4v) is 2.19. The second-order valence-corrected chi connectivity index (χ2v) is 5.43. The van der Waals surface area contributed by atoms with Crippen molar-refractivity contribution in [1.82, 2.24) is 4.98 Å². The van der Waals surface area contributed by atoms with Crippen LogP contribution in [0.2, 0.25) is 0 Å². The Bertz CT molecular complexity index is 649. The van der Waals surface area contributed by atoms with Gasteiger partial charge in [-0.2, -0.15) is 0 Å². The SMILES string of the molecule is Nc1ncc(Br)cc1C(=O)Nc1ccc(F)cc1Br. The highest BCUT2D eigenvalue weighted by Crippen LogP contribution is 2.24. The monoisotopic (exact) mass is 387 g/mol. The van der Waals surface area contributed by atoms with Crippen molar-refractivity contribution in [2.24, 2.45) is 0 Å².